The molecule has 0 aliphatic heterocycles. The first-order valence-corrected chi connectivity index (χ1v) is 5.55. The van der Waals surface area contributed by atoms with Crippen LogP contribution in [0.1, 0.15) is 0 Å². The average molecular weight is 243 g/mol. The first kappa shape index (κ1) is 12.3. The number of benzene rings is 1. The van der Waals surface area contributed by atoms with E-state index in [1.54, 1.807) is 0 Å². The summed E-state index contributed by atoms with van der Waals surface area (Å²) in [6, 6.07) is 4.31. The molecule has 0 saturated heterocycles. The van der Waals surface area contributed by atoms with E-state index in [4.69, 9.17) is 0 Å². The molecule has 0 atom stereocenters. The molecule has 0 amide bonds. The average Bonchev–Trinajstić information content (AvgIpc) is 2.26. The van der Waals surface area contributed by atoms with Gasteiger partial charge in [-0.1, -0.05) is 0 Å². The SMILES string of the molecule is O=[C]CNS(=O)(=O)c1ccc([N+](=O)[O-])cc1. The van der Waals surface area contributed by atoms with Crippen molar-refractivity contribution in [2.45, 2.75) is 4.90 Å². The highest BCUT2D eigenvalue weighted by atomic mass is 32.2. The number of nitro groups is 1. The van der Waals surface area contributed by atoms with Gasteiger partial charge in [-0.25, -0.2) is 13.1 Å². The van der Waals surface area contributed by atoms with E-state index in [2.05, 4.69) is 0 Å². The van der Waals surface area contributed by atoms with Crippen molar-refractivity contribution in [3.05, 3.63) is 34.4 Å². The normalized spacial score (nSPS) is 11.0. The van der Waals surface area contributed by atoms with E-state index in [1.807, 2.05) is 4.72 Å². The fraction of sp³-hybridized carbons (Fsp3) is 0.125. The lowest BCUT2D eigenvalue weighted by molar-refractivity contribution is -0.384. The zero-order chi connectivity index (χ0) is 12.2. The Kier molecular flexibility index (Phi) is 3.69. The Labute approximate surface area is 91.3 Å². The van der Waals surface area contributed by atoms with Crippen LogP contribution in [0.5, 0.6) is 0 Å². The van der Waals surface area contributed by atoms with E-state index >= 15 is 0 Å². The van der Waals surface area contributed by atoms with Crippen LogP contribution in [-0.4, -0.2) is 26.2 Å². The first-order valence-electron chi connectivity index (χ1n) is 4.06. The Bertz CT molecular complexity index is 494. The van der Waals surface area contributed by atoms with E-state index in [-0.39, 0.29) is 10.6 Å². The van der Waals surface area contributed by atoms with Crippen molar-refractivity contribution in [3.63, 3.8) is 0 Å². The van der Waals surface area contributed by atoms with Crippen molar-refractivity contribution in [3.8, 4) is 0 Å². The van der Waals surface area contributed by atoms with Crippen LogP contribution in [0.25, 0.3) is 0 Å². The first-order chi connectivity index (χ1) is 7.47. The van der Waals surface area contributed by atoms with Gasteiger partial charge in [0.2, 0.25) is 16.3 Å². The van der Waals surface area contributed by atoms with Gasteiger partial charge in [0.25, 0.3) is 5.69 Å². The van der Waals surface area contributed by atoms with E-state index < -0.39 is 21.5 Å². The van der Waals surface area contributed by atoms with Gasteiger partial charge in [0.05, 0.1) is 16.4 Å². The maximum atomic E-state index is 11.4. The zero-order valence-corrected chi connectivity index (χ0v) is 8.73. The summed E-state index contributed by atoms with van der Waals surface area (Å²) >= 11 is 0. The number of nitrogens with one attached hydrogen (secondary N) is 1. The van der Waals surface area contributed by atoms with Gasteiger partial charge < -0.3 is 0 Å². The molecule has 0 aliphatic carbocycles. The Morgan fingerprint density at radius 2 is 1.88 bits per heavy atom. The molecule has 0 saturated carbocycles. The van der Waals surface area contributed by atoms with E-state index in [0.717, 1.165) is 24.3 Å². The Morgan fingerprint density at radius 3 is 2.31 bits per heavy atom. The molecule has 0 spiro atoms. The number of nitro benzene ring substituents is 1. The van der Waals surface area contributed by atoms with Gasteiger partial charge in [0.15, 0.2) is 0 Å². The molecule has 1 aromatic rings. The topological polar surface area (TPSA) is 106 Å². The molecule has 1 rings (SSSR count). The molecule has 0 aliphatic rings. The highest BCUT2D eigenvalue weighted by Gasteiger charge is 2.14. The highest BCUT2D eigenvalue weighted by Crippen LogP contribution is 2.15. The van der Waals surface area contributed by atoms with Gasteiger partial charge >= 0.3 is 0 Å². The summed E-state index contributed by atoms with van der Waals surface area (Å²) < 4.78 is 24.8. The monoisotopic (exact) mass is 243 g/mol. The summed E-state index contributed by atoms with van der Waals surface area (Å²) in [6.07, 6.45) is 1.37. The fourth-order valence-corrected chi connectivity index (χ4v) is 1.86. The number of sulfonamides is 1. The zero-order valence-electron chi connectivity index (χ0n) is 7.91. The summed E-state index contributed by atoms with van der Waals surface area (Å²) in [6.45, 7) is -0.459. The predicted molar refractivity (Wildman–Crippen MR) is 54.0 cm³/mol. The smallest absolute Gasteiger partial charge is 0.269 e. The number of hydrogen-bond acceptors (Lipinski definition) is 5. The van der Waals surface area contributed by atoms with Crippen LogP contribution in [0, 0.1) is 10.1 Å². The minimum atomic E-state index is -3.80. The summed E-state index contributed by atoms with van der Waals surface area (Å²) in [5, 5.41) is 10.3. The summed E-state index contributed by atoms with van der Waals surface area (Å²) in [7, 11) is -3.80. The minimum absolute atomic E-state index is 0.145. The van der Waals surface area contributed by atoms with Gasteiger partial charge in [-0.2, -0.15) is 0 Å². The highest BCUT2D eigenvalue weighted by molar-refractivity contribution is 7.89. The summed E-state index contributed by atoms with van der Waals surface area (Å²) in [4.78, 5) is 19.4. The molecule has 0 unspecified atom stereocenters. The molecule has 1 radical (unpaired) electrons. The Balaban J connectivity index is 2.97. The van der Waals surface area contributed by atoms with Crippen molar-refractivity contribution in [1.29, 1.82) is 0 Å². The lowest BCUT2D eigenvalue weighted by Crippen LogP contribution is -2.25. The van der Waals surface area contributed by atoms with Crippen LogP contribution >= 0.6 is 0 Å². The lowest BCUT2D eigenvalue weighted by Gasteiger charge is -2.02. The molecule has 1 N–H and O–H groups in total. The molecule has 0 heterocycles. The summed E-state index contributed by atoms with van der Waals surface area (Å²) in [5.74, 6) is 0. The van der Waals surface area contributed by atoms with Crippen molar-refractivity contribution < 1.29 is 18.1 Å². The van der Waals surface area contributed by atoms with Crippen LogP contribution in [-0.2, 0) is 14.8 Å². The van der Waals surface area contributed by atoms with E-state index in [0.29, 0.717) is 0 Å². The number of rotatable bonds is 5. The molecule has 7 nitrogen and oxygen atoms in total. The van der Waals surface area contributed by atoms with E-state index in [1.165, 1.54) is 6.29 Å². The number of hydrogen-bond donors (Lipinski definition) is 1. The van der Waals surface area contributed by atoms with Gasteiger partial charge in [0, 0.05) is 12.1 Å². The van der Waals surface area contributed by atoms with E-state index in [9.17, 15) is 23.3 Å². The second kappa shape index (κ2) is 4.81. The largest absolute Gasteiger partial charge is 0.289 e. The maximum absolute atomic E-state index is 11.4. The fourth-order valence-electron chi connectivity index (χ4n) is 0.955. The van der Waals surface area contributed by atoms with Gasteiger partial charge in [0.1, 0.15) is 0 Å². The molecule has 1 aromatic carbocycles. The molecular weight excluding hydrogens is 236 g/mol. The third-order valence-electron chi connectivity index (χ3n) is 1.69. The van der Waals surface area contributed by atoms with Crippen LogP contribution in [0.4, 0.5) is 5.69 Å². The minimum Gasteiger partial charge on any atom is -0.289 e. The molecule has 16 heavy (non-hydrogen) atoms. The third-order valence-corrected chi connectivity index (χ3v) is 3.11. The number of non-ortho nitro benzene ring substituents is 1. The van der Waals surface area contributed by atoms with Crippen molar-refractivity contribution >= 4 is 22.0 Å². The van der Waals surface area contributed by atoms with Gasteiger partial charge in [-0.3, -0.25) is 14.9 Å². The predicted octanol–water partition coefficient (Wildman–Crippen LogP) is -0.0172. The van der Waals surface area contributed by atoms with Crippen LogP contribution < -0.4 is 4.72 Å². The van der Waals surface area contributed by atoms with Crippen molar-refractivity contribution in [2.24, 2.45) is 0 Å². The number of carbonyl (C=O) groups excluding carboxylic acids is 1. The summed E-state index contributed by atoms with van der Waals surface area (Å²) in [5.41, 5.74) is -0.208. The lowest BCUT2D eigenvalue weighted by atomic mass is 10.3. The standard InChI is InChI=1S/C8H7N2O5S/c11-6-5-9-16(14,15)8-3-1-7(2-4-8)10(12)13/h1-4,9H,5H2. The van der Waals surface area contributed by atoms with Crippen LogP contribution in [0.3, 0.4) is 0 Å². The number of nitrogens with zero attached hydrogens (tertiary/aromatic N) is 1. The Morgan fingerprint density at radius 1 is 1.31 bits per heavy atom. The van der Waals surface area contributed by atoms with Gasteiger partial charge in [-0.05, 0) is 12.1 Å². The molecule has 85 valence electrons. The molecule has 8 heteroatoms. The second-order valence-electron chi connectivity index (χ2n) is 2.72. The van der Waals surface area contributed by atoms with Gasteiger partial charge in [-0.15, -0.1) is 0 Å². The van der Waals surface area contributed by atoms with Crippen molar-refractivity contribution in [2.75, 3.05) is 6.54 Å². The van der Waals surface area contributed by atoms with Crippen molar-refractivity contribution in [1.82, 2.24) is 4.72 Å². The quantitative estimate of drug-likeness (QED) is 0.577. The second-order valence-corrected chi connectivity index (χ2v) is 4.49. The van der Waals surface area contributed by atoms with Crippen LogP contribution in [0.2, 0.25) is 0 Å². The molecule has 0 aromatic heterocycles. The Hall–Kier alpha value is -1.80. The molecule has 0 fully saturated rings. The molecular formula is C8H7N2O5S. The third kappa shape index (κ3) is 2.84. The molecule has 0 bridgehead atoms. The maximum Gasteiger partial charge on any atom is 0.269 e. The van der Waals surface area contributed by atoms with Crippen LogP contribution in [0.15, 0.2) is 29.2 Å².